The Kier molecular flexibility index (Phi) is 6.62. The lowest BCUT2D eigenvalue weighted by atomic mass is 9.85. The van der Waals surface area contributed by atoms with E-state index in [0.717, 1.165) is 50.4 Å². The van der Waals surface area contributed by atoms with Crippen LogP contribution in [0.15, 0.2) is 42.5 Å². The molecule has 2 heterocycles. The largest absolute Gasteiger partial charge is 0.353 e. The highest BCUT2D eigenvalue weighted by Crippen LogP contribution is 2.30. The second-order valence-corrected chi connectivity index (χ2v) is 10.6. The molecule has 1 N–H and O–H groups in total. The molecule has 1 amide bonds. The average Bonchev–Trinajstić information content (AvgIpc) is 3.21. The highest BCUT2D eigenvalue weighted by molar-refractivity contribution is 5.80. The highest BCUT2D eigenvalue weighted by atomic mass is 16.2. The molecule has 5 heteroatoms. The molecule has 2 aliphatic rings. The molecule has 5 nitrogen and oxygen atoms in total. The summed E-state index contributed by atoms with van der Waals surface area (Å²) in [6.07, 6.45) is 6.69. The smallest absolute Gasteiger partial charge is 0.223 e. The number of nitrogens with zero attached hydrogens (tertiary/aromatic N) is 3. The third-order valence-electron chi connectivity index (χ3n) is 8.06. The molecule has 1 aromatic heterocycles. The fraction of sp³-hybridized carbons (Fsp3) is 0.517. The molecule has 0 bridgehead atoms. The molecule has 3 aromatic rings. The molecule has 1 saturated heterocycles. The van der Waals surface area contributed by atoms with Gasteiger partial charge in [0.05, 0.1) is 17.6 Å². The van der Waals surface area contributed by atoms with Gasteiger partial charge in [0.15, 0.2) is 0 Å². The summed E-state index contributed by atoms with van der Waals surface area (Å²) in [5, 5.41) is 3.39. The minimum Gasteiger partial charge on any atom is -0.353 e. The van der Waals surface area contributed by atoms with Gasteiger partial charge in [-0.1, -0.05) is 55.7 Å². The monoisotopic (exact) mass is 458 g/mol. The lowest BCUT2D eigenvalue weighted by molar-refractivity contribution is -0.126. The Labute approximate surface area is 203 Å². The Morgan fingerprint density at radius 2 is 1.79 bits per heavy atom. The van der Waals surface area contributed by atoms with Crippen molar-refractivity contribution in [2.45, 2.75) is 71.9 Å². The summed E-state index contributed by atoms with van der Waals surface area (Å²) in [4.78, 5) is 20.5. The Balaban J connectivity index is 1.32. The molecular weight excluding hydrogens is 420 g/mol. The third-order valence-corrected chi connectivity index (χ3v) is 8.06. The van der Waals surface area contributed by atoms with Crippen molar-refractivity contribution >= 4 is 22.9 Å². The Bertz CT molecular complexity index is 1160. The van der Waals surface area contributed by atoms with Crippen LogP contribution in [0.1, 0.15) is 62.1 Å². The molecule has 1 saturated carbocycles. The van der Waals surface area contributed by atoms with Crippen molar-refractivity contribution in [2.75, 3.05) is 18.0 Å². The van der Waals surface area contributed by atoms with Crippen molar-refractivity contribution in [1.82, 2.24) is 14.9 Å². The Morgan fingerprint density at radius 1 is 1.03 bits per heavy atom. The lowest BCUT2D eigenvalue weighted by Gasteiger charge is -2.35. The van der Waals surface area contributed by atoms with Crippen LogP contribution in [0.4, 0.5) is 5.95 Å². The quantitative estimate of drug-likeness (QED) is 0.540. The van der Waals surface area contributed by atoms with Gasteiger partial charge in [-0.25, -0.2) is 4.98 Å². The van der Waals surface area contributed by atoms with Crippen LogP contribution in [0.3, 0.4) is 0 Å². The van der Waals surface area contributed by atoms with Gasteiger partial charge in [-0.2, -0.15) is 0 Å². The first-order chi connectivity index (χ1) is 16.5. The molecule has 5 rings (SSSR count). The fourth-order valence-electron chi connectivity index (χ4n) is 5.77. The number of benzene rings is 2. The van der Waals surface area contributed by atoms with E-state index in [-0.39, 0.29) is 11.8 Å². The molecule has 1 aliphatic heterocycles. The zero-order chi connectivity index (χ0) is 23.7. The van der Waals surface area contributed by atoms with Crippen LogP contribution in [0, 0.1) is 25.7 Å². The van der Waals surface area contributed by atoms with Gasteiger partial charge in [0.1, 0.15) is 0 Å². The van der Waals surface area contributed by atoms with E-state index in [4.69, 9.17) is 4.98 Å². The maximum atomic E-state index is 13.0. The molecule has 0 radical (unpaired) electrons. The van der Waals surface area contributed by atoms with Crippen LogP contribution in [0.25, 0.3) is 11.0 Å². The Morgan fingerprint density at radius 3 is 2.59 bits per heavy atom. The van der Waals surface area contributed by atoms with Gasteiger partial charge in [-0.15, -0.1) is 0 Å². The summed E-state index contributed by atoms with van der Waals surface area (Å²) in [6, 6.07) is 15.5. The minimum atomic E-state index is 0.113. The van der Waals surface area contributed by atoms with Gasteiger partial charge >= 0.3 is 0 Å². The topological polar surface area (TPSA) is 50.2 Å². The van der Waals surface area contributed by atoms with E-state index < -0.39 is 0 Å². The predicted molar refractivity (Wildman–Crippen MR) is 139 cm³/mol. The number of imidazole rings is 1. The molecule has 2 unspecified atom stereocenters. The third kappa shape index (κ3) is 4.70. The normalized spacial score (nSPS) is 21.7. The number of carbonyl (C=O) groups is 1. The van der Waals surface area contributed by atoms with Gasteiger partial charge in [0, 0.05) is 25.0 Å². The second kappa shape index (κ2) is 9.81. The maximum Gasteiger partial charge on any atom is 0.223 e. The van der Waals surface area contributed by atoms with Crippen LogP contribution >= 0.6 is 0 Å². The Hall–Kier alpha value is -2.82. The number of fused-ring (bicyclic) bond motifs is 1. The van der Waals surface area contributed by atoms with E-state index >= 15 is 0 Å². The van der Waals surface area contributed by atoms with Crippen LogP contribution in [0.5, 0.6) is 0 Å². The number of amides is 1. The van der Waals surface area contributed by atoms with Crippen molar-refractivity contribution in [3.63, 3.8) is 0 Å². The van der Waals surface area contributed by atoms with Crippen LogP contribution < -0.4 is 10.2 Å². The molecule has 2 fully saturated rings. The van der Waals surface area contributed by atoms with Crippen molar-refractivity contribution < 1.29 is 4.79 Å². The van der Waals surface area contributed by atoms with Crippen molar-refractivity contribution in [3.05, 3.63) is 59.2 Å². The van der Waals surface area contributed by atoms with E-state index in [2.05, 4.69) is 78.0 Å². The van der Waals surface area contributed by atoms with E-state index in [0.29, 0.717) is 12.0 Å². The number of para-hydroxylation sites is 2. The van der Waals surface area contributed by atoms with Crippen molar-refractivity contribution in [2.24, 2.45) is 11.8 Å². The standard InChI is InChI=1S/C29H38N4O/c1-20-12-13-21(2)24(18-20)19-33-27-11-7-6-10-26(27)31-29(33)32-16-14-23(15-17-32)28(34)30-25-9-5-4-8-22(25)3/h6-7,10-13,18,22-23,25H,4-5,8-9,14-17,19H2,1-3H3,(H,30,34). The second-order valence-electron chi connectivity index (χ2n) is 10.6. The summed E-state index contributed by atoms with van der Waals surface area (Å²) in [5.74, 6) is 2.01. The van der Waals surface area contributed by atoms with Gasteiger partial charge in [0.25, 0.3) is 0 Å². The predicted octanol–water partition coefficient (Wildman–Crippen LogP) is 5.61. The fourth-order valence-corrected chi connectivity index (χ4v) is 5.77. The maximum absolute atomic E-state index is 13.0. The number of hydrogen-bond acceptors (Lipinski definition) is 3. The number of aromatic nitrogens is 2. The number of piperidine rings is 1. The first-order valence-electron chi connectivity index (χ1n) is 13.1. The number of hydrogen-bond donors (Lipinski definition) is 1. The van der Waals surface area contributed by atoms with Gasteiger partial charge in [-0.05, 0) is 68.7 Å². The molecule has 180 valence electrons. The molecule has 2 atom stereocenters. The number of rotatable bonds is 5. The van der Waals surface area contributed by atoms with E-state index in [1.807, 2.05) is 0 Å². The van der Waals surface area contributed by atoms with Crippen molar-refractivity contribution in [1.29, 1.82) is 0 Å². The zero-order valence-corrected chi connectivity index (χ0v) is 20.9. The number of nitrogens with one attached hydrogen (secondary N) is 1. The number of anilines is 1. The first-order valence-corrected chi connectivity index (χ1v) is 13.1. The molecule has 34 heavy (non-hydrogen) atoms. The SMILES string of the molecule is Cc1ccc(C)c(Cn2c(N3CCC(C(=O)NC4CCCCC4C)CC3)nc3ccccc32)c1. The summed E-state index contributed by atoms with van der Waals surface area (Å²) >= 11 is 0. The van der Waals surface area contributed by atoms with E-state index in [1.54, 1.807) is 0 Å². The molecule has 1 aliphatic carbocycles. The van der Waals surface area contributed by atoms with Crippen LogP contribution in [0.2, 0.25) is 0 Å². The van der Waals surface area contributed by atoms with Crippen LogP contribution in [-0.4, -0.2) is 34.6 Å². The summed E-state index contributed by atoms with van der Waals surface area (Å²) < 4.78 is 2.36. The van der Waals surface area contributed by atoms with E-state index in [9.17, 15) is 4.79 Å². The lowest BCUT2D eigenvalue weighted by Crippen LogP contribution is -2.47. The first kappa shape index (κ1) is 22.9. The van der Waals surface area contributed by atoms with Gasteiger partial charge in [0.2, 0.25) is 11.9 Å². The number of carbonyl (C=O) groups excluding carboxylic acids is 1. The average molecular weight is 459 g/mol. The molecular formula is C29H38N4O. The highest BCUT2D eigenvalue weighted by Gasteiger charge is 2.30. The van der Waals surface area contributed by atoms with Gasteiger partial charge < -0.3 is 14.8 Å². The summed E-state index contributed by atoms with van der Waals surface area (Å²) in [6.45, 7) is 9.17. The summed E-state index contributed by atoms with van der Waals surface area (Å²) in [7, 11) is 0. The molecule has 2 aromatic carbocycles. The summed E-state index contributed by atoms with van der Waals surface area (Å²) in [5.41, 5.74) is 6.13. The molecule has 0 spiro atoms. The van der Waals surface area contributed by atoms with E-state index in [1.165, 1.54) is 41.5 Å². The zero-order valence-electron chi connectivity index (χ0n) is 20.9. The minimum absolute atomic E-state index is 0.113. The van der Waals surface area contributed by atoms with Gasteiger partial charge in [-0.3, -0.25) is 4.79 Å². The number of aryl methyl sites for hydroxylation is 2. The van der Waals surface area contributed by atoms with Crippen LogP contribution in [-0.2, 0) is 11.3 Å². The van der Waals surface area contributed by atoms with Crippen molar-refractivity contribution in [3.8, 4) is 0 Å².